The summed E-state index contributed by atoms with van der Waals surface area (Å²) in [5.41, 5.74) is 4.78. The van der Waals surface area contributed by atoms with Gasteiger partial charge in [0.2, 0.25) is 10.0 Å². The first-order valence-electron chi connectivity index (χ1n) is 11.4. The zero-order valence-electron chi connectivity index (χ0n) is 19.1. The molecule has 1 atom stereocenters. The highest BCUT2D eigenvalue weighted by Gasteiger charge is 2.28. The molecule has 0 bridgehead atoms. The number of carbonyl (C=O) groups is 1. The maximum Gasteiger partial charge on any atom is 0.262 e. The van der Waals surface area contributed by atoms with E-state index in [-0.39, 0.29) is 11.4 Å². The van der Waals surface area contributed by atoms with Crippen LogP contribution in [-0.4, -0.2) is 55.1 Å². The summed E-state index contributed by atoms with van der Waals surface area (Å²) < 4.78 is 34.0. The van der Waals surface area contributed by atoms with Crippen molar-refractivity contribution in [2.75, 3.05) is 19.6 Å². The fourth-order valence-corrected chi connectivity index (χ4v) is 5.39. The highest BCUT2D eigenvalue weighted by molar-refractivity contribution is 7.89. The van der Waals surface area contributed by atoms with Gasteiger partial charge in [0.25, 0.3) is 5.91 Å². The zero-order chi connectivity index (χ0) is 24.1. The number of aromatic amines is 1. The van der Waals surface area contributed by atoms with Crippen LogP contribution in [0.5, 0.6) is 5.75 Å². The minimum absolute atomic E-state index is 0.0740. The van der Waals surface area contributed by atoms with Crippen molar-refractivity contribution in [3.8, 4) is 5.75 Å². The topological polar surface area (TPSA) is 124 Å². The van der Waals surface area contributed by atoms with Gasteiger partial charge in [-0.3, -0.25) is 14.9 Å². The van der Waals surface area contributed by atoms with Crippen LogP contribution >= 0.6 is 0 Å². The Kier molecular flexibility index (Phi) is 7.52. The lowest BCUT2D eigenvalue weighted by atomic mass is 10.1. The van der Waals surface area contributed by atoms with Crippen molar-refractivity contribution < 1.29 is 23.2 Å². The lowest BCUT2D eigenvalue weighted by Crippen LogP contribution is -2.53. The number of hydroxylamine groups is 1. The van der Waals surface area contributed by atoms with E-state index in [1.165, 1.54) is 12.1 Å². The molecule has 182 valence electrons. The Balaban J connectivity index is 1.39. The highest BCUT2D eigenvalue weighted by atomic mass is 32.2. The summed E-state index contributed by atoms with van der Waals surface area (Å²) >= 11 is 0. The number of amides is 1. The SMILES string of the molecule is Cc1[nH]c2ccccc2c1COc1ccc(S(=O)(=O)NCC(C(=O)NO)N2CCCCC2)cc1. The van der Waals surface area contributed by atoms with Crippen LogP contribution in [0, 0.1) is 6.92 Å². The summed E-state index contributed by atoms with van der Waals surface area (Å²) in [4.78, 5) is 17.4. The van der Waals surface area contributed by atoms with Crippen LogP contribution in [0.15, 0.2) is 53.4 Å². The van der Waals surface area contributed by atoms with Gasteiger partial charge in [-0.25, -0.2) is 18.6 Å². The number of aryl methyl sites for hydroxylation is 1. The largest absolute Gasteiger partial charge is 0.489 e. The zero-order valence-corrected chi connectivity index (χ0v) is 19.9. The van der Waals surface area contributed by atoms with Crippen molar-refractivity contribution in [1.29, 1.82) is 0 Å². The lowest BCUT2D eigenvalue weighted by molar-refractivity contribution is -0.135. The second-order valence-corrected chi connectivity index (χ2v) is 10.2. The third-order valence-electron chi connectivity index (χ3n) is 6.26. The summed E-state index contributed by atoms with van der Waals surface area (Å²) in [5, 5.41) is 10.2. The van der Waals surface area contributed by atoms with E-state index in [4.69, 9.17) is 9.94 Å². The third kappa shape index (κ3) is 5.41. The quantitative estimate of drug-likeness (QED) is 0.272. The standard InChI is InChI=1S/C24H30N4O5S/c1-17-21(20-7-3-4-8-22(20)26-17)16-33-18-9-11-19(12-10-18)34(31,32)25-15-23(24(29)27-30)28-13-5-2-6-14-28/h3-4,7-12,23,25-26,30H,2,5-6,13-16H2,1H3,(H,27,29). The Bertz CT molecular complexity index is 1230. The molecule has 2 aromatic carbocycles. The number of rotatable bonds is 9. The van der Waals surface area contributed by atoms with E-state index in [9.17, 15) is 13.2 Å². The molecule has 0 aliphatic carbocycles. The summed E-state index contributed by atoms with van der Waals surface area (Å²) in [7, 11) is -3.85. The number of H-pyrrole nitrogens is 1. The number of para-hydroxylation sites is 1. The first-order valence-corrected chi connectivity index (χ1v) is 12.8. The predicted octanol–water partition coefficient (Wildman–Crippen LogP) is 2.69. The fourth-order valence-electron chi connectivity index (χ4n) is 4.36. The number of fused-ring (bicyclic) bond motifs is 1. The van der Waals surface area contributed by atoms with E-state index in [0.717, 1.165) is 41.4 Å². The van der Waals surface area contributed by atoms with Gasteiger partial charge < -0.3 is 9.72 Å². The number of ether oxygens (including phenoxy) is 1. The molecule has 9 nitrogen and oxygen atoms in total. The molecular formula is C24H30N4O5S. The van der Waals surface area contributed by atoms with Gasteiger partial charge >= 0.3 is 0 Å². The molecule has 10 heteroatoms. The van der Waals surface area contributed by atoms with Gasteiger partial charge in [0.05, 0.1) is 4.90 Å². The van der Waals surface area contributed by atoms with Gasteiger partial charge in [0, 0.05) is 28.7 Å². The van der Waals surface area contributed by atoms with Crippen LogP contribution in [0.4, 0.5) is 0 Å². The van der Waals surface area contributed by atoms with E-state index in [2.05, 4.69) is 9.71 Å². The van der Waals surface area contributed by atoms with Crippen LogP contribution in [0.2, 0.25) is 0 Å². The van der Waals surface area contributed by atoms with E-state index in [0.29, 0.717) is 25.4 Å². The molecule has 4 rings (SSSR count). The van der Waals surface area contributed by atoms with Crippen LogP contribution in [-0.2, 0) is 21.4 Å². The van der Waals surface area contributed by atoms with Gasteiger partial charge in [-0.2, -0.15) is 0 Å². The lowest BCUT2D eigenvalue weighted by Gasteiger charge is -2.33. The number of hydrogen-bond donors (Lipinski definition) is 4. The molecule has 34 heavy (non-hydrogen) atoms. The molecule has 1 aromatic heterocycles. The molecule has 1 fully saturated rings. The molecule has 1 amide bonds. The minimum Gasteiger partial charge on any atom is -0.489 e. The van der Waals surface area contributed by atoms with E-state index < -0.39 is 22.0 Å². The van der Waals surface area contributed by atoms with Crippen molar-refractivity contribution in [3.63, 3.8) is 0 Å². The second kappa shape index (κ2) is 10.6. The Morgan fingerprint density at radius 2 is 1.82 bits per heavy atom. The molecule has 4 N–H and O–H groups in total. The number of nitrogens with one attached hydrogen (secondary N) is 3. The predicted molar refractivity (Wildman–Crippen MR) is 128 cm³/mol. The number of piperidine rings is 1. The molecular weight excluding hydrogens is 456 g/mol. The number of likely N-dealkylation sites (tertiary alicyclic amines) is 1. The Labute approximate surface area is 199 Å². The Hall–Kier alpha value is -2.92. The number of carbonyl (C=O) groups excluding carboxylic acids is 1. The number of sulfonamides is 1. The number of aromatic nitrogens is 1. The molecule has 0 radical (unpaired) electrons. The number of benzene rings is 2. The molecule has 0 spiro atoms. The van der Waals surface area contributed by atoms with Crippen LogP contribution in [0.1, 0.15) is 30.5 Å². The molecule has 2 heterocycles. The molecule has 1 saturated heterocycles. The van der Waals surface area contributed by atoms with Gasteiger partial charge in [-0.1, -0.05) is 24.6 Å². The monoisotopic (exact) mass is 486 g/mol. The van der Waals surface area contributed by atoms with Crippen molar-refractivity contribution in [1.82, 2.24) is 20.1 Å². The smallest absolute Gasteiger partial charge is 0.262 e. The minimum atomic E-state index is -3.85. The normalized spacial score (nSPS) is 15.8. The molecule has 1 aliphatic rings. The third-order valence-corrected chi connectivity index (χ3v) is 7.69. The van der Waals surface area contributed by atoms with Crippen LogP contribution in [0.25, 0.3) is 10.9 Å². The number of hydrogen-bond acceptors (Lipinski definition) is 6. The van der Waals surface area contributed by atoms with Crippen LogP contribution in [0.3, 0.4) is 0 Å². The second-order valence-electron chi connectivity index (χ2n) is 8.47. The maximum atomic E-state index is 12.8. The Morgan fingerprint density at radius 1 is 1.12 bits per heavy atom. The number of nitrogens with zero attached hydrogens (tertiary/aromatic N) is 1. The first-order chi connectivity index (χ1) is 16.4. The van der Waals surface area contributed by atoms with E-state index in [1.54, 1.807) is 17.6 Å². The first kappa shape index (κ1) is 24.2. The van der Waals surface area contributed by atoms with Gasteiger partial charge in [0.1, 0.15) is 18.4 Å². The van der Waals surface area contributed by atoms with E-state index >= 15 is 0 Å². The average Bonchev–Trinajstić information content (AvgIpc) is 3.18. The summed E-state index contributed by atoms with van der Waals surface area (Å²) in [5.74, 6) is -0.0737. The van der Waals surface area contributed by atoms with Gasteiger partial charge in [-0.05, 0) is 63.2 Å². The maximum absolute atomic E-state index is 12.8. The Morgan fingerprint density at radius 3 is 2.53 bits per heavy atom. The molecule has 0 saturated carbocycles. The fraction of sp³-hybridized carbons (Fsp3) is 0.375. The van der Waals surface area contributed by atoms with E-state index in [1.807, 2.05) is 36.1 Å². The summed E-state index contributed by atoms with van der Waals surface area (Å²) in [6.45, 7) is 3.58. The molecule has 3 aromatic rings. The van der Waals surface area contributed by atoms with Crippen molar-refractivity contribution in [2.24, 2.45) is 0 Å². The summed E-state index contributed by atoms with van der Waals surface area (Å²) in [6.07, 6.45) is 2.94. The van der Waals surface area contributed by atoms with Crippen molar-refractivity contribution >= 4 is 26.8 Å². The average molecular weight is 487 g/mol. The van der Waals surface area contributed by atoms with Crippen molar-refractivity contribution in [3.05, 3.63) is 59.8 Å². The van der Waals surface area contributed by atoms with Gasteiger partial charge in [0.15, 0.2) is 0 Å². The highest BCUT2D eigenvalue weighted by Crippen LogP contribution is 2.24. The van der Waals surface area contributed by atoms with Gasteiger partial charge in [-0.15, -0.1) is 0 Å². The molecule has 1 aliphatic heterocycles. The van der Waals surface area contributed by atoms with Crippen LogP contribution < -0.4 is 14.9 Å². The molecule has 1 unspecified atom stereocenters. The summed E-state index contributed by atoms with van der Waals surface area (Å²) in [6, 6.07) is 13.4. The van der Waals surface area contributed by atoms with Crippen molar-refractivity contribution in [2.45, 2.75) is 43.7 Å².